The van der Waals surface area contributed by atoms with E-state index < -0.39 is 0 Å². The molecule has 1 amide bonds. The molecule has 1 aliphatic heterocycles. The van der Waals surface area contributed by atoms with E-state index >= 15 is 0 Å². The van der Waals surface area contributed by atoms with E-state index in [2.05, 4.69) is 17.5 Å². The molecule has 2 aromatic rings. The first kappa shape index (κ1) is 15.4. The Kier molecular flexibility index (Phi) is 5.05. The summed E-state index contributed by atoms with van der Waals surface area (Å²) in [6, 6.07) is 11.7. The largest absolute Gasteiger partial charge is 0.497 e. The van der Waals surface area contributed by atoms with Crippen LogP contribution >= 0.6 is 23.1 Å². The maximum atomic E-state index is 12.6. The number of benzene rings is 1. The van der Waals surface area contributed by atoms with Gasteiger partial charge in [0.05, 0.1) is 7.11 Å². The Balaban J connectivity index is 1.66. The van der Waals surface area contributed by atoms with E-state index in [1.807, 2.05) is 52.3 Å². The van der Waals surface area contributed by atoms with Gasteiger partial charge in [0, 0.05) is 34.5 Å². The molecule has 0 N–H and O–H groups in total. The van der Waals surface area contributed by atoms with Gasteiger partial charge in [0.1, 0.15) is 5.75 Å². The van der Waals surface area contributed by atoms with Crippen LogP contribution in [0.4, 0.5) is 0 Å². The molecule has 1 aliphatic rings. The fraction of sp³-hybridized carbons (Fsp3) is 0.353. The molecule has 1 aromatic carbocycles. The molecule has 2 heterocycles. The molecule has 116 valence electrons. The lowest BCUT2D eigenvalue weighted by atomic mass is 10.1. The molecule has 3 nitrogen and oxygen atoms in total. The molecule has 0 radical (unpaired) electrons. The van der Waals surface area contributed by atoms with E-state index in [0.717, 1.165) is 36.6 Å². The van der Waals surface area contributed by atoms with Crippen LogP contribution in [0.25, 0.3) is 0 Å². The van der Waals surface area contributed by atoms with Crippen molar-refractivity contribution >= 4 is 29.0 Å². The van der Waals surface area contributed by atoms with Crippen LogP contribution in [0.15, 0.2) is 41.8 Å². The van der Waals surface area contributed by atoms with Crippen molar-refractivity contribution in [2.75, 3.05) is 26.0 Å². The second kappa shape index (κ2) is 7.20. The van der Waals surface area contributed by atoms with Crippen molar-refractivity contribution in [1.82, 2.24) is 4.90 Å². The van der Waals surface area contributed by atoms with Crippen LogP contribution in [0.1, 0.15) is 26.9 Å². The number of nitrogens with zero attached hydrogens (tertiary/aromatic N) is 1. The van der Waals surface area contributed by atoms with E-state index in [0.29, 0.717) is 5.25 Å². The Morgan fingerprint density at radius 2 is 2.05 bits per heavy atom. The van der Waals surface area contributed by atoms with E-state index in [-0.39, 0.29) is 5.91 Å². The first-order chi connectivity index (χ1) is 10.8. The highest BCUT2D eigenvalue weighted by atomic mass is 32.2. The van der Waals surface area contributed by atoms with Crippen molar-refractivity contribution < 1.29 is 9.53 Å². The lowest BCUT2D eigenvalue weighted by molar-refractivity contribution is 0.0766. The van der Waals surface area contributed by atoms with E-state index in [9.17, 15) is 4.79 Å². The van der Waals surface area contributed by atoms with Crippen molar-refractivity contribution in [1.29, 1.82) is 0 Å². The summed E-state index contributed by atoms with van der Waals surface area (Å²) < 4.78 is 5.14. The number of hydrogen-bond donors (Lipinski definition) is 0. The van der Waals surface area contributed by atoms with Crippen LogP contribution in [-0.2, 0) is 0 Å². The number of carbonyl (C=O) groups is 1. The topological polar surface area (TPSA) is 29.5 Å². The fourth-order valence-corrected chi connectivity index (χ4v) is 4.83. The Morgan fingerprint density at radius 1 is 1.23 bits per heavy atom. The van der Waals surface area contributed by atoms with Crippen molar-refractivity contribution in [2.24, 2.45) is 0 Å². The van der Waals surface area contributed by atoms with Crippen LogP contribution in [0.2, 0.25) is 0 Å². The lowest BCUT2D eigenvalue weighted by Gasteiger charge is -2.20. The minimum atomic E-state index is 0.120. The summed E-state index contributed by atoms with van der Waals surface area (Å²) in [5, 5.41) is 2.65. The Bertz CT molecular complexity index is 610. The molecule has 0 aliphatic carbocycles. The third kappa shape index (κ3) is 3.47. The van der Waals surface area contributed by atoms with Gasteiger partial charge in [-0.05, 0) is 42.1 Å². The van der Waals surface area contributed by atoms with Crippen LogP contribution in [0.5, 0.6) is 5.75 Å². The molecule has 0 bridgehead atoms. The molecule has 5 heteroatoms. The highest BCUT2D eigenvalue weighted by Gasteiger charge is 2.23. The van der Waals surface area contributed by atoms with Gasteiger partial charge in [-0.1, -0.05) is 6.07 Å². The average molecular weight is 333 g/mol. The summed E-state index contributed by atoms with van der Waals surface area (Å²) in [4.78, 5) is 16.0. The molecule has 22 heavy (non-hydrogen) atoms. The van der Waals surface area contributed by atoms with Gasteiger partial charge in [-0.2, -0.15) is 11.8 Å². The highest BCUT2D eigenvalue weighted by molar-refractivity contribution is 7.99. The molecular formula is C17H19NO2S2. The second-order valence-electron chi connectivity index (χ2n) is 5.18. The Hall–Kier alpha value is -1.46. The maximum Gasteiger partial charge on any atom is 0.253 e. The number of hydrogen-bond acceptors (Lipinski definition) is 4. The molecule has 1 atom stereocenters. The van der Waals surface area contributed by atoms with Gasteiger partial charge in [-0.3, -0.25) is 4.79 Å². The number of ether oxygens (including phenoxy) is 1. The van der Waals surface area contributed by atoms with Crippen molar-refractivity contribution in [3.8, 4) is 5.75 Å². The van der Waals surface area contributed by atoms with Crippen molar-refractivity contribution in [3.63, 3.8) is 0 Å². The number of amides is 1. The summed E-state index contributed by atoms with van der Waals surface area (Å²) in [6.45, 7) is 1.64. The fourth-order valence-electron chi connectivity index (χ4n) is 2.59. The summed E-state index contributed by atoms with van der Waals surface area (Å²) in [7, 11) is 1.63. The predicted molar refractivity (Wildman–Crippen MR) is 93.0 cm³/mol. The molecule has 0 spiro atoms. The van der Waals surface area contributed by atoms with Crippen LogP contribution in [-0.4, -0.2) is 36.8 Å². The number of carbonyl (C=O) groups excluding carboxylic acids is 1. The average Bonchev–Trinajstić information content (AvgIpc) is 2.99. The van der Waals surface area contributed by atoms with Crippen LogP contribution < -0.4 is 4.74 Å². The highest BCUT2D eigenvalue weighted by Crippen LogP contribution is 2.36. The van der Waals surface area contributed by atoms with Gasteiger partial charge in [0.2, 0.25) is 0 Å². The number of thioether (sulfide) groups is 1. The number of methoxy groups -OCH3 is 1. The van der Waals surface area contributed by atoms with Gasteiger partial charge in [0.15, 0.2) is 0 Å². The summed E-state index contributed by atoms with van der Waals surface area (Å²) in [6.07, 6.45) is 1.02. The minimum absolute atomic E-state index is 0.120. The number of thiophene rings is 1. The third-order valence-electron chi connectivity index (χ3n) is 3.83. The molecule has 0 unspecified atom stereocenters. The maximum absolute atomic E-state index is 12.6. The number of rotatable bonds is 3. The molecule has 3 rings (SSSR count). The zero-order valence-electron chi connectivity index (χ0n) is 12.5. The third-order valence-corrected chi connectivity index (χ3v) is 6.27. The quantitative estimate of drug-likeness (QED) is 0.848. The molecule has 1 saturated heterocycles. The van der Waals surface area contributed by atoms with Gasteiger partial charge < -0.3 is 9.64 Å². The Labute approximate surface area is 139 Å². The molecule has 1 fully saturated rings. The zero-order valence-corrected chi connectivity index (χ0v) is 14.2. The van der Waals surface area contributed by atoms with Gasteiger partial charge >= 0.3 is 0 Å². The van der Waals surface area contributed by atoms with E-state index in [1.54, 1.807) is 7.11 Å². The van der Waals surface area contributed by atoms with E-state index in [4.69, 9.17) is 4.74 Å². The first-order valence-electron chi connectivity index (χ1n) is 7.36. The SMILES string of the molecule is COc1ccc(C(=O)N2CCS[C@H](c3cccs3)CC2)cc1. The smallest absolute Gasteiger partial charge is 0.253 e. The van der Waals surface area contributed by atoms with Gasteiger partial charge in [-0.25, -0.2) is 0 Å². The van der Waals surface area contributed by atoms with Gasteiger partial charge in [-0.15, -0.1) is 11.3 Å². The second-order valence-corrected chi connectivity index (χ2v) is 7.47. The summed E-state index contributed by atoms with van der Waals surface area (Å²) >= 11 is 3.77. The Morgan fingerprint density at radius 3 is 2.73 bits per heavy atom. The minimum Gasteiger partial charge on any atom is -0.497 e. The summed E-state index contributed by atoms with van der Waals surface area (Å²) in [5.74, 6) is 1.89. The standard InChI is InChI=1S/C17H19NO2S2/c1-20-14-6-4-13(5-7-14)17(19)18-9-8-16(22-12-10-18)15-3-2-11-21-15/h2-7,11,16H,8-10,12H2,1H3/t16-/m0/s1. The predicted octanol–water partition coefficient (Wildman–Crippen LogP) is 4.08. The summed E-state index contributed by atoms with van der Waals surface area (Å²) in [5.41, 5.74) is 0.736. The molecular weight excluding hydrogens is 314 g/mol. The lowest BCUT2D eigenvalue weighted by Crippen LogP contribution is -2.32. The van der Waals surface area contributed by atoms with Crippen LogP contribution in [0, 0.1) is 0 Å². The normalized spacial score (nSPS) is 18.8. The van der Waals surface area contributed by atoms with Crippen molar-refractivity contribution in [3.05, 3.63) is 52.2 Å². The van der Waals surface area contributed by atoms with Crippen LogP contribution in [0.3, 0.4) is 0 Å². The molecule has 1 aromatic heterocycles. The van der Waals surface area contributed by atoms with Gasteiger partial charge in [0.25, 0.3) is 5.91 Å². The molecule has 0 saturated carbocycles. The monoisotopic (exact) mass is 333 g/mol. The zero-order chi connectivity index (χ0) is 15.4. The van der Waals surface area contributed by atoms with Crippen molar-refractivity contribution in [2.45, 2.75) is 11.7 Å². The first-order valence-corrected chi connectivity index (χ1v) is 9.29. The van der Waals surface area contributed by atoms with E-state index in [1.165, 1.54) is 4.88 Å².